The van der Waals surface area contributed by atoms with Crippen LogP contribution in [-0.4, -0.2) is 37.7 Å². The maximum absolute atomic E-state index is 11.9. The van der Waals surface area contributed by atoms with Crippen LogP contribution in [0.25, 0.3) is 0 Å². The molecule has 0 aromatic carbocycles. The van der Waals surface area contributed by atoms with Crippen LogP contribution in [0.4, 0.5) is 0 Å². The fourth-order valence-electron chi connectivity index (χ4n) is 1.94. The van der Waals surface area contributed by atoms with Gasteiger partial charge in [0.2, 0.25) is 0 Å². The first-order valence-electron chi connectivity index (χ1n) is 9.07. The summed E-state index contributed by atoms with van der Waals surface area (Å²) in [5.74, 6) is -1.13. The molecular weight excluding hydrogens is 336 g/mol. The summed E-state index contributed by atoms with van der Waals surface area (Å²) in [6, 6.07) is 0. The molecule has 0 aliphatic rings. The topological polar surface area (TPSA) is 78.9 Å². The highest BCUT2D eigenvalue weighted by atomic mass is 16.5. The third-order valence-electron chi connectivity index (χ3n) is 3.63. The summed E-state index contributed by atoms with van der Waals surface area (Å²) in [6.07, 6.45) is 4.56. The van der Waals surface area contributed by atoms with Crippen molar-refractivity contribution in [2.24, 2.45) is 5.92 Å². The fourth-order valence-corrected chi connectivity index (χ4v) is 1.94. The number of esters is 3. The number of carbonyl (C=O) groups excluding carboxylic acids is 3. The minimum Gasteiger partial charge on any atom is -0.465 e. The molecule has 0 aromatic rings. The molecule has 1 unspecified atom stereocenters. The third-order valence-corrected chi connectivity index (χ3v) is 3.63. The largest absolute Gasteiger partial charge is 0.465 e. The minimum atomic E-state index is -0.398. The van der Waals surface area contributed by atoms with E-state index in [9.17, 15) is 14.4 Å². The SMILES string of the molecule is C=C(C)C(=O)OCCCCCC(C)C(=O)OCCCCOC(=O)C(=C)C. The summed E-state index contributed by atoms with van der Waals surface area (Å²) in [6.45, 7) is 13.1. The van der Waals surface area contributed by atoms with Gasteiger partial charge in [-0.3, -0.25) is 4.79 Å². The lowest BCUT2D eigenvalue weighted by Gasteiger charge is -2.11. The number of hydrogen-bond donors (Lipinski definition) is 0. The Labute approximate surface area is 156 Å². The standard InChI is InChI=1S/C20H32O6/c1-15(2)18(21)24-12-8-6-7-11-17(5)20(23)26-14-10-9-13-25-19(22)16(3)4/h17H,1,3,6-14H2,2,4-5H3. The van der Waals surface area contributed by atoms with Gasteiger partial charge < -0.3 is 14.2 Å². The number of carbonyl (C=O) groups is 3. The molecule has 0 rings (SSSR count). The fraction of sp³-hybridized carbons (Fsp3) is 0.650. The number of unbranched alkanes of at least 4 members (excludes halogenated alkanes) is 3. The highest BCUT2D eigenvalue weighted by Crippen LogP contribution is 2.12. The summed E-state index contributed by atoms with van der Waals surface area (Å²) >= 11 is 0. The quantitative estimate of drug-likeness (QED) is 0.201. The average Bonchev–Trinajstić information content (AvgIpc) is 2.59. The summed E-state index contributed by atoms with van der Waals surface area (Å²) < 4.78 is 15.2. The average molecular weight is 368 g/mol. The molecule has 0 aromatic heterocycles. The van der Waals surface area contributed by atoms with Crippen molar-refractivity contribution in [1.82, 2.24) is 0 Å². The molecule has 6 heteroatoms. The molecule has 0 spiro atoms. The Morgan fingerprint density at radius 1 is 0.731 bits per heavy atom. The van der Waals surface area contributed by atoms with Gasteiger partial charge in [-0.1, -0.05) is 32.9 Å². The van der Waals surface area contributed by atoms with Gasteiger partial charge in [0.05, 0.1) is 25.7 Å². The summed E-state index contributed by atoms with van der Waals surface area (Å²) in [5, 5.41) is 0. The Morgan fingerprint density at radius 3 is 1.62 bits per heavy atom. The smallest absolute Gasteiger partial charge is 0.333 e. The van der Waals surface area contributed by atoms with Crippen LogP contribution in [0.15, 0.2) is 24.3 Å². The molecule has 0 saturated carbocycles. The molecular formula is C20H32O6. The van der Waals surface area contributed by atoms with Crippen molar-refractivity contribution < 1.29 is 28.6 Å². The van der Waals surface area contributed by atoms with Crippen LogP contribution >= 0.6 is 0 Å². The first-order chi connectivity index (χ1) is 12.3. The summed E-state index contributed by atoms with van der Waals surface area (Å²) in [5.41, 5.74) is 0.773. The molecule has 6 nitrogen and oxygen atoms in total. The minimum absolute atomic E-state index is 0.158. The second-order valence-electron chi connectivity index (χ2n) is 6.46. The Hall–Kier alpha value is -2.11. The van der Waals surface area contributed by atoms with Crippen LogP contribution in [0.3, 0.4) is 0 Å². The first-order valence-corrected chi connectivity index (χ1v) is 9.07. The van der Waals surface area contributed by atoms with E-state index in [1.807, 2.05) is 6.92 Å². The van der Waals surface area contributed by atoms with Crippen LogP contribution in [0.1, 0.15) is 59.3 Å². The van der Waals surface area contributed by atoms with Crippen molar-refractivity contribution in [3.63, 3.8) is 0 Å². The predicted molar refractivity (Wildman–Crippen MR) is 99.4 cm³/mol. The van der Waals surface area contributed by atoms with Gasteiger partial charge in [0.1, 0.15) is 0 Å². The van der Waals surface area contributed by atoms with E-state index >= 15 is 0 Å². The van der Waals surface area contributed by atoms with E-state index in [0.29, 0.717) is 43.8 Å². The van der Waals surface area contributed by atoms with E-state index in [2.05, 4.69) is 13.2 Å². The molecule has 0 saturated heterocycles. The molecule has 0 bridgehead atoms. The van der Waals surface area contributed by atoms with Crippen molar-refractivity contribution >= 4 is 17.9 Å². The Kier molecular flexibility index (Phi) is 13.0. The second kappa shape index (κ2) is 14.1. The maximum atomic E-state index is 11.9. The van der Waals surface area contributed by atoms with Gasteiger partial charge in [0, 0.05) is 11.1 Å². The molecule has 0 radical (unpaired) electrons. The summed E-state index contributed by atoms with van der Waals surface area (Å²) in [4.78, 5) is 34.2. The molecule has 0 fully saturated rings. The van der Waals surface area contributed by atoms with Crippen molar-refractivity contribution in [3.05, 3.63) is 24.3 Å². The van der Waals surface area contributed by atoms with Gasteiger partial charge in [0.25, 0.3) is 0 Å². The molecule has 0 N–H and O–H groups in total. The molecule has 0 aliphatic heterocycles. The van der Waals surface area contributed by atoms with Crippen molar-refractivity contribution in [2.45, 2.75) is 59.3 Å². The predicted octanol–water partition coefficient (Wildman–Crippen LogP) is 3.74. The van der Waals surface area contributed by atoms with Crippen LogP contribution in [-0.2, 0) is 28.6 Å². The van der Waals surface area contributed by atoms with Gasteiger partial charge in [-0.05, 0) is 39.5 Å². The molecule has 1 atom stereocenters. The van der Waals surface area contributed by atoms with E-state index in [1.54, 1.807) is 13.8 Å². The number of hydrogen-bond acceptors (Lipinski definition) is 6. The lowest BCUT2D eigenvalue weighted by molar-refractivity contribution is -0.148. The lowest BCUT2D eigenvalue weighted by Crippen LogP contribution is -2.16. The zero-order valence-electron chi connectivity index (χ0n) is 16.3. The molecule has 148 valence electrons. The van der Waals surface area contributed by atoms with Gasteiger partial charge in [-0.15, -0.1) is 0 Å². The number of rotatable bonds is 14. The van der Waals surface area contributed by atoms with Crippen LogP contribution in [0, 0.1) is 5.92 Å². The Morgan fingerprint density at radius 2 is 1.15 bits per heavy atom. The van der Waals surface area contributed by atoms with Crippen molar-refractivity contribution in [2.75, 3.05) is 19.8 Å². The van der Waals surface area contributed by atoms with Gasteiger partial charge in [-0.25, -0.2) is 9.59 Å². The van der Waals surface area contributed by atoms with Crippen LogP contribution < -0.4 is 0 Å². The van der Waals surface area contributed by atoms with Gasteiger partial charge in [0.15, 0.2) is 0 Å². The Bertz CT molecular complexity index is 495. The summed E-state index contributed by atoms with van der Waals surface area (Å²) in [7, 11) is 0. The van der Waals surface area contributed by atoms with Gasteiger partial charge >= 0.3 is 17.9 Å². The van der Waals surface area contributed by atoms with Crippen molar-refractivity contribution in [3.8, 4) is 0 Å². The van der Waals surface area contributed by atoms with E-state index in [4.69, 9.17) is 14.2 Å². The third kappa shape index (κ3) is 12.3. The molecule has 0 amide bonds. The van der Waals surface area contributed by atoms with Crippen LogP contribution in [0.5, 0.6) is 0 Å². The molecule has 0 heterocycles. The number of ether oxygens (including phenoxy) is 3. The van der Waals surface area contributed by atoms with E-state index < -0.39 is 5.97 Å². The van der Waals surface area contributed by atoms with Crippen LogP contribution in [0.2, 0.25) is 0 Å². The van der Waals surface area contributed by atoms with Crippen molar-refractivity contribution in [1.29, 1.82) is 0 Å². The highest BCUT2D eigenvalue weighted by Gasteiger charge is 2.14. The lowest BCUT2D eigenvalue weighted by atomic mass is 10.0. The van der Waals surface area contributed by atoms with Gasteiger partial charge in [-0.2, -0.15) is 0 Å². The monoisotopic (exact) mass is 368 g/mol. The first kappa shape index (κ1) is 23.9. The van der Waals surface area contributed by atoms with E-state index in [0.717, 1.165) is 25.7 Å². The zero-order valence-corrected chi connectivity index (χ0v) is 16.3. The van der Waals surface area contributed by atoms with E-state index in [-0.39, 0.29) is 17.9 Å². The Balaban J connectivity index is 3.59. The maximum Gasteiger partial charge on any atom is 0.333 e. The molecule has 0 aliphatic carbocycles. The normalized spacial score (nSPS) is 11.3. The van der Waals surface area contributed by atoms with E-state index in [1.165, 1.54) is 0 Å². The zero-order chi connectivity index (χ0) is 19.9. The second-order valence-corrected chi connectivity index (χ2v) is 6.46. The highest BCUT2D eigenvalue weighted by molar-refractivity contribution is 5.87. The molecule has 26 heavy (non-hydrogen) atoms.